The van der Waals surface area contributed by atoms with Gasteiger partial charge in [-0.15, -0.1) is 0 Å². The molecule has 9 heteroatoms. The summed E-state index contributed by atoms with van der Waals surface area (Å²) in [5.41, 5.74) is 5.31. The number of piperidine rings is 1. The maximum atomic E-state index is 13.0. The van der Waals surface area contributed by atoms with Crippen molar-refractivity contribution in [1.82, 2.24) is 9.29 Å². The van der Waals surface area contributed by atoms with Crippen LogP contribution < -0.4 is 10.6 Å². The average Bonchev–Trinajstić information content (AvgIpc) is 2.62. The highest BCUT2D eigenvalue weighted by Gasteiger charge is 2.33. The molecule has 3 rings (SSSR count). The van der Waals surface area contributed by atoms with E-state index in [1.54, 1.807) is 23.2 Å². The fourth-order valence-electron chi connectivity index (χ4n) is 3.08. The van der Waals surface area contributed by atoms with Gasteiger partial charge in [-0.1, -0.05) is 6.42 Å². The smallest absolute Gasteiger partial charge is 0.248 e. The molecule has 1 amide bonds. The number of amides is 1. The molecule has 2 saturated heterocycles. The Morgan fingerprint density at radius 2 is 2.00 bits per heavy atom. The van der Waals surface area contributed by atoms with Crippen LogP contribution in [-0.2, 0) is 19.6 Å². The highest BCUT2D eigenvalue weighted by atomic mass is 32.2. The third-order valence-corrected chi connectivity index (χ3v) is 6.29. The SMILES string of the molecule is NC(=O)[C@@H]1CN(c2ncccc2S(=O)(=O)N2CCCCC2)CCO1. The summed E-state index contributed by atoms with van der Waals surface area (Å²) in [6.07, 6.45) is 3.59. The number of aromatic nitrogens is 1. The van der Waals surface area contributed by atoms with Crippen LogP contribution in [0.4, 0.5) is 5.82 Å². The molecule has 3 heterocycles. The molecule has 1 aromatic heterocycles. The second-order valence-corrected chi connectivity index (χ2v) is 7.90. The molecule has 24 heavy (non-hydrogen) atoms. The van der Waals surface area contributed by atoms with Crippen molar-refractivity contribution in [2.24, 2.45) is 5.73 Å². The molecule has 0 radical (unpaired) electrons. The lowest BCUT2D eigenvalue weighted by molar-refractivity contribution is -0.130. The van der Waals surface area contributed by atoms with Crippen LogP contribution >= 0.6 is 0 Å². The molecule has 2 fully saturated rings. The number of rotatable bonds is 4. The van der Waals surface area contributed by atoms with Crippen molar-refractivity contribution in [3.05, 3.63) is 18.3 Å². The lowest BCUT2D eigenvalue weighted by Gasteiger charge is -2.34. The standard InChI is InChI=1S/C15H22N4O4S/c16-14(20)12-11-18(9-10-23-12)15-13(5-4-6-17-15)24(21,22)19-7-2-1-3-8-19/h4-6,12H,1-3,7-11H2,(H2,16,20)/t12-/m0/s1. The Balaban J connectivity index is 1.91. The van der Waals surface area contributed by atoms with E-state index in [2.05, 4.69) is 4.98 Å². The Labute approximate surface area is 141 Å². The van der Waals surface area contributed by atoms with Crippen LogP contribution in [0.15, 0.2) is 23.2 Å². The summed E-state index contributed by atoms with van der Waals surface area (Å²) in [6, 6.07) is 3.19. The number of nitrogens with two attached hydrogens (primary N) is 1. The van der Waals surface area contributed by atoms with Crippen LogP contribution in [-0.4, -0.2) is 62.5 Å². The second kappa shape index (κ2) is 7.04. The summed E-state index contributed by atoms with van der Waals surface area (Å²) in [4.78, 5) is 17.6. The molecule has 1 atom stereocenters. The zero-order chi connectivity index (χ0) is 17.2. The van der Waals surface area contributed by atoms with Crippen LogP contribution in [0.1, 0.15) is 19.3 Å². The van der Waals surface area contributed by atoms with Gasteiger partial charge in [0.2, 0.25) is 15.9 Å². The van der Waals surface area contributed by atoms with Gasteiger partial charge in [0.1, 0.15) is 10.7 Å². The maximum Gasteiger partial charge on any atom is 0.248 e. The van der Waals surface area contributed by atoms with Gasteiger partial charge in [-0.25, -0.2) is 13.4 Å². The minimum Gasteiger partial charge on any atom is -0.367 e. The first kappa shape index (κ1) is 17.1. The van der Waals surface area contributed by atoms with Crippen LogP contribution in [0, 0.1) is 0 Å². The highest BCUT2D eigenvalue weighted by Crippen LogP contribution is 2.28. The second-order valence-electron chi connectivity index (χ2n) is 6.00. The molecular formula is C15H22N4O4S. The lowest BCUT2D eigenvalue weighted by Crippen LogP contribution is -2.49. The van der Waals surface area contributed by atoms with E-state index in [1.807, 2.05) is 0 Å². The fourth-order valence-corrected chi connectivity index (χ4v) is 4.76. The summed E-state index contributed by atoms with van der Waals surface area (Å²) < 4.78 is 32.9. The first-order valence-corrected chi connectivity index (χ1v) is 9.55. The average molecular weight is 354 g/mol. The third kappa shape index (κ3) is 3.38. The number of nitrogens with zero attached hydrogens (tertiary/aromatic N) is 3. The minimum absolute atomic E-state index is 0.178. The number of carbonyl (C=O) groups is 1. The van der Waals surface area contributed by atoms with E-state index < -0.39 is 22.0 Å². The molecule has 132 valence electrons. The predicted octanol–water partition coefficient (Wildman–Crippen LogP) is -0.0533. The summed E-state index contributed by atoms with van der Waals surface area (Å²) in [7, 11) is -3.61. The largest absolute Gasteiger partial charge is 0.367 e. The van der Waals surface area contributed by atoms with Gasteiger partial charge in [0.25, 0.3) is 0 Å². The quantitative estimate of drug-likeness (QED) is 0.812. The number of sulfonamides is 1. The third-order valence-electron chi connectivity index (χ3n) is 4.37. The van der Waals surface area contributed by atoms with Crippen molar-refractivity contribution in [2.45, 2.75) is 30.3 Å². The Kier molecular flexibility index (Phi) is 5.02. The van der Waals surface area contributed by atoms with Crippen molar-refractivity contribution >= 4 is 21.7 Å². The van der Waals surface area contributed by atoms with Gasteiger partial charge in [-0.3, -0.25) is 4.79 Å². The number of morpholine rings is 1. The van der Waals surface area contributed by atoms with E-state index in [0.29, 0.717) is 32.1 Å². The summed E-state index contributed by atoms with van der Waals surface area (Å²) >= 11 is 0. The molecule has 0 unspecified atom stereocenters. The molecule has 0 aliphatic carbocycles. The predicted molar refractivity (Wildman–Crippen MR) is 88.0 cm³/mol. The number of hydrogen-bond donors (Lipinski definition) is 1. The van der Waals surface area contributed by atoms with Crippen molar-refractivity contribution < 1.29 is 17.9 Å². The van der Waals surface area contributed by atoms with Gasteiger partial charge in [0.05, 0.1) is 13.2 Å². The van der Waals surface area contributed by atoms with E-state index in [9.17, 15) is 13.2 Å². The Morgan fingerprint density at radius 1 is 1.25 bits per heavy atom. The van der Waals surface area contributed by atoms with Crippen LogP contribution in [0.25, 0.3) is 0 Å². The van der Waals surface area contributed by atoms with Crippen molar-refractivity contribution in [1.29, 1.82) is 0 Å². The Hall–Kier alpha value is -1.71. The fraction of sp³-hybridized carbons (Fsp3) is 0.600. The molecule has 0 saturated carbocycles. The number of hydrogen-bond acceptors (Lipinski definition) is 6. The van der Waals surface area contributed by atoms with E-state index in [0.717, 1.165) is 19.3 Å². The minimum atomic E-state index is -3.61. The van der Waals surface area contributed by atoms with Gasteiger partial charge < -0.3 is 15.4 Å². The normalized spacial score (nSPS) is 23.2. The number of anilines is 1. The van der Waals surface area contributed by atoms with E-state index in [4.69, 9.17) is 10.5 Å². The van der Waals surface area contributed by atoms with Gasteiger partial charge in [0, 0.05) is 25.8 Å². The Bertz CT molecular complexity index is 703. The molecule has 0 aromatic carbocycles. The zero-order valence-corrected chi connectivity index (χ0v) is 14.2. The number of carbonyl (C=O) groups excluding carboxylic acids is 1. The molecule has 0 spiro atoms. The summed E-state index contributed by atoms with van der Waals surface area (Å²) in [5.74, 6) is -0.200. The highest BCUT2D eigenvalue weighted by molar-refractivity contribution is 7.89. The van der Waals surface area contributed by atoms with Gasteiger partial charge in [-0.05, 0) is 25.0 Å². The van der Waals surface area contributed by atoms with Crippen molar-refractivity contribution in [3.63, 3.8) is 0 Å². The first-order chi connectivity index (χ1) is 11.5. The van der Waals surface area contributed by atoms with Crippen LogP contribution in [0.3, 0.4) is 0 Å². The van der Waals surface area contributed by atoms with Gasteiger partial charge in [-0.2, -0.15) is 4.31 Å². The van der Waals surface area contributed by atoms with E-state index in [-0.39, 0.29) is 11.4 Å². The first-order valence-electron chi connectivity index (χ1n) is 8.11. The van der Waals surface area contributed by atoms with Crippen molar-refractivity contribution in [3.8, 4) is 0 Å². The molecule has 2 aliphatic rings. The van der Waals surface area contributed by atoms with Gasteiger partial charge >= 0.3 is 0 Å². The monoisotopic (exact) mass is 354 g/mol. The maximum absolute atomic E-state index is 13.0. The van der Waals surface area contributed by atoms with Crippen LogP contribution in [0.2, 0.25) is 0 Å². The van der Waals surface area contributed by atoms with E-state index >= 15 is 0 Å². The molecule has 1 aromatic rings. The van der Waals surface area contributed by atoms with Gasteiger partial charge in [0.15, 0.2) is 6.10 Å². The molecule has 0 bridgehead atoms. The summed E-state index contributed by atoms with van der Waals surface area (Å²) in [6.45, 7) is 2.03. The zero-order valence-electron chi connectivity index (χ0n) is 13.4. The van der Waals surface area contributed by atoms with E-state index in [1.165, 1.54) is 4.31 Å². The number of pyridine rings is 1. The summed E-state index contributed by atoms with van der Waals surface area (Å²) in [5, 5.41) is 0. The molecule has 2 aliphatic heterocycles. The van der Waals surface area contributed by atoms with Crippen LogP contribution in [0.5, 0.6) is 0 Å². The number of ether oxygens (including phenoxy) is 1. The topological polar surface area (TPSA) is 106 Å². The molecule has 8 nitrogen and oxygen atoms in total. The lowest BCUT2D eigenvalue weighted by atomic mass is 10.2. The number of primary amides is 1. The molecular weight excluding hydrogens is 332 g/mol. The molecule has 2 N–H and O–H groups in total. The van der Waals surface area contributed by atoms with Crippen molar-refractivity contribution in [2.75, 3.05) is 37.7 Å². The Morgan fingerprint density at radius 3 is 2.71 bits per heavy atom.